The average molecular weight is 520 g/mol. The van der Waals surface area contributed by atoms with Crippen LogP contribution in [0.4, 0.5) is 0 Å². The average Bonchev–Trinajstić information content (AvgIpc) is 2.95. The van der Waals surface area contributed by atoms with E-state index in [0.717, 1.165) is 5.56 Å². The molecule has 2 N–H and O–H groups in total. The van der Waals surface area contributed by atoms with Gasteiger partial charge in [-0.15, -0.1) is 0 Å². The molecule has 0 aliphatic carbocycles. The van der Waals surface area contributed by atoms with E-state index in [1.165, 1.54) is 4.90 Å². The van der Waals surface area contributed by atoms with Crippen LogP contribution in [0.2, 0.25) is 0 Å². The summed E-state index contributed by atoms with van der Waals surface area (Å²) >= 11 is 0. The Bertz CT molecular complexity index is 1160. The monoisotopic (exact) mass is 519 g/mol. The molecular weight excluding hydrogens is 482 g/mol. The van der Waals surface area contributed by atoms with Crippen molar-refractivity contribution in [2.45, 2.75) is 70.7 Å². The molecule has 0 unspecified atom stereocenters. The number of nitrogens with zero attached hydrogens (tertiary/aromatic N) is 1. The molecule has 1 heterocycles. The zero-order valence-corrected chi connectivity index (χ0v) is 22.5. The minimum atomic E-state index is -1.29. The number of benzene rings is 2. The van der Waals surface area contributed by atoms with Crippen molar-refractivity contribution < 1.29 is 23.9 Å². The molecule has 0 spiro atoms. The van der Waals surface area contributed by atoms with Gasteiger partial charge in [-0.25, -0.2) is 4.79 Å². The van der Waals surface area contributed by atoms with Crippen LogP contribution in [0, 0.1) is 0 Å². The molecule has 3 rings (SSSR count). The van der Waals surface area contributed by atoms with Gasteiger partial charge in [-0.3, -0.25) is 14.4 Å². The highest BCUT2D eigenvalue weighted by Gasteiger charge is 2.43. The number of esters is 1. The van der Waals surface area contributed by atoms with Gasteiger partial charge >= 0.3 is 5.97 Å². The van der Waals surface area contributed by atoms with Gasteiger partial charge in [-0.2, -0.15) is 0 Å². The number of carbonyl (C=O) groups is 4. The second-order valence-corrected chi connectivity index (χ2v) is 10.6. The van der Waals surface area contributed by atoms with E-state index in [4.69, 9.17) is 4.74 Å². The lowest BCUT2D eigenvalue weighted by Gasteiger charge is -2.41. The van der Waals surface area contributed by atoms with E-state index in [1.807, 2.05) is 42.5 Å². The standard InChI is InChI=1S/C30H37N3O5/c1-29(2,3)38-27(36)24-18-12-7-13-19-30(4,28(37)32-24)33(21-22-14-8-5-9-15-22)25(34)20-31-26(35)23-16-10-6-11-17-23/h5-12,14-17,24H,13,18-21H2,1-4H3,(H,31,35)(H,32,37)/b12-7-/t24-,30-/m0/s1. The van der Waals surface area contributed by atoms with Gasteiger partial charge in [-0.1, -0.05) is 60.7 Å². The lowest BCUT2D eigenvalue weighted by molar-refractivity contribution is -0.160. The van der Waals surface area contributed by atoms with Gasteiger partial charge in [0, 0.05) is 12.1 Å². The summed E-state index contributed by atoms with van der Waals surface area (Å²) in [4.78, 5) is 54.4. The van der Waals surface area contributed by atoms with Crippen LogP contribution < -0.4 is 10.6 Å². The summed E-state index contributed by atoms with van der Waals surface area (Å²) in [6.07, 6.45) is 4.92. The summed E-state index contributed by atoms with van der Waals surface area (Å²) in [5.41, 5.74) is -0.728. The molecule has 0 saturated carbocycles. The third kappa shape index (κ3) is 7.78. The Balaban J connectivity index is 1.87. The molecule has 1 aliphatic rings. The maximum Gasteiger partial charge on any atom is 0.329 e. The Morgan fingerprint density at radius 3 is 2.29 bits per heavy atom. The third-order valence-corrected chi connectivity index (χ3v) is 6.34. The molecule has 2 aromatic carbocycles. The van der Waals surface area contributed by atoms with E-state index in [9.17, 15) is 19.2 Å². The number of carbonyl (C=O) groups excluding carboxylic acids is 4. The van der Waals surface area contributed by atoms with Crippen molar-refractivity contribution in [3.8, 4) is 0 Å². The number of hydrogen-bond donors (Lipinski definition) is 2. The van der Waals surface area contributed by atoms with Crippen LogP contribution in [-0.2, 0) is 25.7 Å². The molecule has 2 atom stereocenters. The highest BCUT2D eigenvalue weighted by atomic mass is 16.6. The van der Waals surface area contributed by atoms with E-state index in [-0.39, 0.29) is 25.4 Å². The first-order valence-corrected chi connectivity index (χ1v) is 12.9. The molecule has 1 aliphatic heterocycles. The quantitative estimate of drug-likeness (QED) is 0.428. The lowest BCUT2D eigenvalue weighted by atomic mass is 9.91. The fraction of sp³-hybridized carbons (Fsp3) is 0.400. The Kier molecular flexibility index (Phi) is 9.45. The number of allylic oxidation sites excluding steroid dienone is 1. The SMILES string of the molecule is CC(C)(C)OC(=O)[C@@H]1C/C=C\CC[C@](C)(N(Cc2ccccc2)C(=O)CNC(=O)c2ccccc2)C(=O)N1. The Morgan fingerprint density at radius 2 is 1.66 bits per heavy atom. The zero-order valence-electron chi connectivity index (χ0n) is 22.5. The smallest absolute Gasteiger partial charge is 0.329 e. The molecule has 8 nitrogen and oxygen atoms in total. The molecule has 202 valence electrons. The fourth-order valence-electron chi connectivity index (χ4n) is 4.23. The molecule has 3 amide bonds. The van der Waals surface area contributed by atoms with Crippen molar-refractivity contribution in [2.24, 2.45) is 0 Å². The number of hydrogen-bond acceptors (Lipinski definition) is 5. The first-order chi connectivity index (χ1) is 18.0. The van der Waals surface area contributed by atoms with Crippen molar-refractivity contribution >= 4 is 23.7 Å². The molecule has 0 saturated heterocycles. The summed E-state index contributed by atoms with van der Waals surface area (Å²) in [5, 5.41) is 5.52. The highest BCUT2D eigenvalue weighted by molar-refractivity contribution is 5.98. The minimum absolute atomic E-state index is 0.158. The van der Waals surface area contributed by atoms with E-state index >= 15 is 0 Å². The van der Waals surface area contributed by atoms with E-state index in [0.29, 0.717) is 18.4 Å². The van der Waals surface area contributed by atoms with Crippen LogP contribution in [0.3, 0.4) is 0 Å². The summed E-state index contributed by atoms with van der Waals surface area (Å²) in [5.74, 6) is -1.77. The van der Waals surface area contributed by atoms with Gasteiger partial charge in [0.25, 0.3) is 5.91 Å². The second-order valence-electron chi connectivity index (χ2n) is 10.6. The molecule has 0 aromatic heterocycles. The molecule has 38 heavy (non-hydrogen) atoms. The number of nitrogens with one attached hydrogen (secondary N) is 2. The van der Waals surface area contributed by atoms with Crippen LogP contribution in [-0.4, -0.2) is 52.3 Å². The molecule has 8 heteroatoms. The normalized spacial score (nSPS) is 20.6. The van der Waals surface area contributed by atoms with Gasteiger partial charge in [0.1, 0.15) is 17.2 Å². The Morgan fingerprint density at radius 1 is 1.03 bits per heavy atom. The van der Waals surface area contributed by atoms with Gasteiger partial charge in [-0.05, 0) is 64.7 Å². The first kappa shape index (κ1) is 28.6. The number of amides is 3. The van der Waals surface area contributed by atoms with Crippen LogP contribution in [0.5, 0.6) is 0 Å². The maximum absolute atomic E-state index is 13.8. The number of rotatable bonds is 7. The summed E-state index contributed by atoms with van der Waals surface area (Å²) in [7, 11) is 0. The van der Waals surface area contributed by atoms with Gasteiger partial charge in [0.05, 0.1) is 6.54 Å². The third-order valence-electron chi connectivity index (χ3n) is 6.34. The Labute approximate surface area is 224 Å². The summed E-state index contributed by atoms with van der Waals surface area (Å²) in [6, 6.07) is 17.1. The molecule has 0 bridgehead atoms. The van der Waals surface area contributed by atoms with Crippen molar-refractivity contribution in [1.82, 2.24) is 15.5 Å². The lowest BCUT2D eigenvalue weighted by Crippen LogP contribution is -2.62. The van der Waals surface area contributed by atoms with Crippen molar-refractivity contribution in [1.29, 1.82) is 0 Å². The molecule has 0 fully saturated rings. The van der Waals surface area contributed by atoms with Crippen LogP contribution >= 0.6 is 0 Å². The van der Waals surface area contributed by atoms with Crippen molar-refractivity contribution in [3.05, 3.63) is 83.9 Å². The summed E-state index contributed by atoms with van der Waals surface area (Å²) < 4.78 is 5.53. The molecular formula is C30H37N3O5. The predicted octanol–water partition coefficient (Wildman–Crippen LogP) is 3.77. The van der Waals surface area contributed by atoms with E-state index in [1.54, 1.807) is 58.0 Å². The van der Waals surface area contributed by atoms with Gasteiger partial charge in [0.15, 0.2) is 0 Å². The number of ether oxygens (including phenoxy) is 1. The second kappa shape index (κ2) is 12.5. The van der Waals surface area contributed by atoms with Crippen LogP contribution in [0.15, 0.2) is 72.8 Å². The minimum Gasteiger partial charge on any atom is -0.458 e. The molecule has 0 radical (unpaired) electrons. The predicted molar refractivity (Wildman–Crippen MR) is 145 cm³/mol. The maximum atomic E-state index is 13.8. The zero-order chi connectivity index (χ0) is 27.8. The van der Waals surface area contributed by atoms with Crippen LogP contribution in [0.1, 0.15) is 62.9 Å². The fourth-order valence-corrected chi connectivity index (χ4v) is 4.23. The van der Waals surface area contributed by atoms with Gasteiger partial charge < -0.3 is 20.3 Å². The van der Waals surface area contributed by atoms with Crippen molar-refractivity contribution in [3.63, 3.8) is 0 Å². The van der Waals surface area contributed by atoms with Crippen molar-refractivity contribution in [2.75, 3.05) is 6.54 Å². The Hall–Kier alpha value is -3.94. The molecule has 2 aromatic rings. The van der Waals surface area contributed by atoms with E-state index < -0.39 is 35.0 Å². The largest absolute Gasteiger partial charge is 0.458 e. The topological polar surface area (TPSA) is 105 Å². The van der Waals surface area contributed by atoms with Gasteiger partial charge in [0.2, 0.25) is 11.8 Å². The summed E-state index contributed by atoms with van der Waals surface area (Å²) in [6.45, 7) is 6.89. The van der Waals surface area contributed by atoms with E-state index in [2.05, 4.69) is 10.6 Å². The first-order valence-electron chi connectivity index (χ1n) is 12.9. The highest BCUT2D eigenvalue weighted by Crippen LogP contribution is 2.27. The van der Waals surface area contributed by atoms with Crippen LogP contribution in [0.25, 0.3) is 0 Å².